The molecule has 1 fully saturated rings. The van der Waals surface area contributed by atoms with Gasteiger partial charge in [0.2, 0.25) is 5.91 Å². The quantitative estimate of drug-likeness (QED) is 0.442. The Labute approximate surface area is 173 Å². The first-order valence-corrected chi connectivity index (χ1v) is 11.2. The van der Waals surface area contributed by atoms with Crippen molar-refractivity contribution in [2.45, 2.75) is 66.3 Å². The van der Waals surface area contributed by atoms with E-state index in [1.807, 2.05) is 13.8 Å². The fourth-order valence-electron chi connectivity index (χ4n) is 3.41. The van der Waals surface area contributed by atoms with Gasteiger partial charge in [-0.2, -0.15) is 0 Å². The zero-order chi connectivity index (χ0) is 21.4. The molecule has 0 aliphatic heterocycles. The average molecular weight is 414 g/mol. The summed E-state index contributed by atoms with van der Waals surface area (Å²) in [5, 5.41) is 0. The van der Waals surface area contributed by atoms with Gasteiger partial charge in [-0.15, -0.1) is 11.8 Å². The third-order valence-electron chi connectivity index (χ3n) is 5.15. The van der Waals surface area contributed by atoms with Crippen LogP contribution in [-0.4, -0.2) is 48.8 Å². The van der Waals surface area contributed by atoms with Crippen LogP contribution in [0, 0.1) is 17.8 Å². The molecule has 1 amide bonds. The Bertz CT molecular complexity index is 594. The van der Waals surface area contributed by atoms with Crippen LogP contribution >= 0.6 is 11.8 Å². The molecule has 1 unspecified atom stereocenters. The van der Waals surface area contributed by atoms with Crippen LogP contribution in [0.4, 0.5) is 0 Å². The highest BCUT2D eigenvalue weighted by molar-refractivity contribution is 8.03. The first-order chi connectivity index (χ1) is 13.1. The number of carbonyl (C=O) groups excluding carboxylic acids is 3. The van der Waals surface area contributed by atoms with Gasteiger partial charge in [0.05, 0.1) is 13.7 Å². The van der Waals surface area contributed by atoms with Crippen molar-refractivity contribution >= 4 is 29.6 Å². The van der Waals surface area contributed by atoms with E-state index in [-0.39, 0.29) is 17.7 Å². The second kappa shape index (κ2) is 11.5. The van der Waals surface area contributed by atoms with Crippen LogP contribution in [0.5, 0.6) is 0 Å². The summed E-state index contributed by atoms with van der Waals surface area (Å²) in [6.45, 7) is 9.75. The fourth-order valence-corrected chi connectivity index (χ4v) is 4.05. The van der Waals surface area contributed by atoms with E-state index in [0.29, 0.717) is 23.1 Å². The standard InChI is InChI=1S/C21H35NO5S/c1-13(2)12-27-20(24)16(5)22(15(4)18(28-7)21(25)26-6)19(23)17-10-8-14(3)9-11-17/h13-14,16-17H,8-12H2,1-7H3. The minimum atomic E-state index is -0.808. The van der Waals surface area contributed by atoms with E-state index in [2.05, 4.69) is 6.92 Å². The van der Waals surface area contributed by atoms with Gasteiger partial charge in [0.25, 0.3) is 0 Å². The van der Waals surface area contributed by atoms with Crippen molar-refractivity contribution in [1.29, 1.82) is 0 Å². The lowest BCUT2D eigenvalue weighted by Crippen LogP contribution is -2.47. The summed E-state index contributed by atoms with van der Waals surface area (Å²) in [6.07, 6.45) is 5.33. The third kappa shape index (κ3) is 6.54. The van der Waals surface area contributed by atoms with E-state index in [0.717, 1.165) is 25.7 Å². The summed E-state index contributed by atoms with van der Waals surface area (Å²) in [5.41, 5.74) is 0.442. The Morgan fingerprint density at radius 2 is 1.68 bits per heavy atom. The van der Waals surface area contributed by atoms with Crippen molar-refractivity contribution in [3.8, 4) is 0 Å². The monoisotopic (exact) mass is 413 g/mol. The molecule has 0 aromatic rings. The van der Waals surface area contributed by atoms with Gasteiger partial charge in [0.15, 0.2) is 0 Å². The van der Waals surface area contributed by atoms with Crippen molar-refractivity contribution in [3.05, 3.63) is 10.6 Å². The molecule has 28 heavy (non-hydrogen) atoms. The zero-order valence-corrected chi connectivity index (χ0v) is 19.1. The Balaban J connectivity index is 3.21. The van der Waals surface area contributed by atoms with Crippen molar-refractivity contribution in [2.24, 2.45) is 17.8 Å². The van der Waals surface area contributed by atoms with Gasteiger partial charge in [0, 0.05) is 11.6 Å². The Kier molecular flexibility index (Phi) is 10.1. The molecule has 0 N–H and O–H groups in total. The molecule has 160 valence electrons. The minimum Gasteiger partial charge on any atom is -0.465 e. The number of nitrogens with zero attached hydrogens (tertiary/aromatic N) is 1. The van der Waals surface area contributed by atoms with Crippen molar-refractivity contribution < 1.29 is 23.9 Å². The van der Waals surface area contributed by atoms with Crippen LogP contribution < -0.4 is 0 Å². The van der Waals surface area contributed by atoms with Crippen LogP contribution in [-0.2, 0) is 23.9 Å². The van der Waals surface area contributed by atoms with E-state index in [1.54, 1.807) is 20.1 Å². The van der Waals surface area contributed by atoms with Crippen molar-refractivity contribution in [2.75, 3.05) is 20.0 Å². The molecule has 0 saturated heterocycles. The van der Waals surface area contributed by atoms with Crippen LogP contribution in [0.15, 0.2) is 10.6 Å². The maximum absolute atomic E-state index is 13.4. The van der Waals surface area contributed by atoms with Gasteiger partial charge in [-0.25, -0.2) is 9.59 Å². The number of allylic oxidation sites excluding steroid dienone is 1. The molecule has 6 nitrogen and oxygen atoms in total. The molecular weight excluding hydrogens is 378 g/mol. The highest BCUT2D eigenvalue weighted by Gasteiger charge is 2.36. The van der Waals surface area contributed by atoms with Crippen LogP contribution in [0.2, 0.25) is 0 Å². The summed E-state index contributed by atoms with van der Waals surface area (Å²) in [5.74, 6) is -0.423. The van der Waals surface area contributed by atoms with Gasteiger partial charge in [-0.3, -0.25) is 4.79 Å². The number of hydrogen-bond donors (Lipinski definition) is 0. The summed E-state index contributed by atoms with van der Waals surface area (Å²) in [4.78, 5) is 40.0. The number of rotatable bonds is 8. The Morgan fingerprint density at radius 1 is 1.11 bits per heavy atom. The molecule has 7 heteroatoms. The number of methoxy groups -OCH3 is 1. The first kappa shape index (κ1) is 24.5. The molecule has 0 aromatic carbocycles. The molecule has 0 spiro atoms. The lowest BCUT2D eigenvalue weighted by Gasteiger charge is -2.35. The topological polar surface area (TPSA) is 72.9 Å². The molecule has 1 aliphatic rings. The van der Waals surface area contributed by atoms with E-state index in [4.69, 9.17) is 9.47 Å². The first-order valence-electron chi connectivity index (χ1n) is 9.96. The number of hydrogen-bond acceptors (Lipinski definition) is 6. The Hall–Kier alpha value is -1.50. The summed E-state index contributed by atoms with van der Waals surface area (Å²) < 4.78 is 10.2. The van der Waals surface area contributed by atoms with Crippen molar-refractivity contribution in [1.82, 2.24) is 4.90 Å². The SMILES string of the molecule is COC(=O)C(SC)=C(C)N(C(=O)C1CCC(C)CC1)C(C)C(=O)OCC(C)C. The molecule has 0 radical (unpaired) electrons. The molecule has 1 atom stereocenters. The lowest BCUT2D eigenvalue weighted by atomic mass is 9.82. The molecule has 0 aromatic heterocycles. The average Bonchev–Trinajstić information content (AvgIpc) is 2.66. The molecule has 0 bridgehead atoms. The number of esters is 2. The highest BCUT2D eigenvalue weighted by Crippen LogP contribution is 2.32. The molecule has 0 heterocycles. The maximum atomic E-state index is 13.4. The van der Waals surface area contributed by atoms with Gasteiger partial charge in [0.1, 0.15) is 10.9 Å². The van der Waals surface area contributed by atoms with E-state index in [9.17, 15) is 14.4 Å². The second-order valence-electron chi connectivity index (χ2n) is 7.98. The normalized spacial score (nSPS) is 21.6. The molecule has 1 rings (SSSR count). The van der Waals surface area contributed by atoms with Crippen LogP contribution in [0.25, 0.3) is 0 Å². The predicted molar refractivity (Wildman–Crippen MR) is 111 cm³/mol. The van der Waals surface area contributed by atoms with Crippen LogP contribution in [0.1, 0.15) is 60.3 Å². The van der Waals surface area contributed by atoms with Crippen molar-refractivity contribution in [3.63, 3.8) is 0 Å². The lowest BCUT2D eigenvalue weighted by molar-refractivity contribution is -0.155. The maximum Gasteiger partial charge on any atom is 0.346 e. The van der Waals surface area contributed by atoms with E-state index < -0.39 is 18.0 Å². The predicted octanol–water partition coefficient (Wildman–Crippen LogP) is 4.00. The number of carbonyl (C=O) groups is 3. The van der Waals surface area contributed by atoms with Gasteiger partial charge >= 0.3 is 11.9 Å². The number of thioether (sulfide) groups is 1. The molecule has 1 saturated carbocycles. The number of ether oxygens (including phenoxy) is 2. The van der Waals surface area contributed by atoms with E-state index >= 15 is 0 Å². The van der Waals surface area contributed by atoms with Gasteiger partial charge in [-0.05, 0) is 57.6 Å². The van der Waals surface area contributed by atoms with Gasteiger partial charge < -0.3 is 14.4 Å². The minimum absolute atomic E-state index is 0.117. The smallest absolute Gasteiger partial charge is 0.346 e. The molecule has 1 aliphatic carbocycles. The van der Waals surface area contributed by atoms with Crippen LogP contribution in [0.3, 0.4) is 0 Å². The summed E-state index contributed by atoms with van der Waals surface area (Å²) in [7, 11) is 1.31. The number of amides is 1. The fraction of sp³-hybridized carbons (Fsp3) is 0.762. The van der Waals surface area contributed by atoms with Gasteiger partial charge in [-0.1, -0.05) is 20.8 Å². The zero-order valence-electron chi connectivity index (χ0n) is 18.2. The highest BCUT2D eigenvalue weighted by atomic mass is 32.2. The largest absolute Gasteiger partial charge is 0.465 e. The summed E-state index contributed by atoms with van der Waals surface area (Å²) in [6, 6.07) is -0.808. The Morgan fingerprint density at radius 3 is 2.14 bits per heavy atom. The summed E-state index contributed by atoms with van der Waals surface area (Å²) >= 11 is 1.21. The second-order valence-corrected chi connectivity index (χ2v) is 8.79. The third-order valence-corrected chi connectivity index (χ3v) is 6.03. The molecular formula is C21H35NO5S. The van der Waals surface area contributed by atoms with E-state index in [1.165, 1.54) is 23.8 Å².